The smallest absolute Gasteiger partial charge is 0.109 e. The Kier molecular flexibility index (Phi) is 3.89. The summed E-state index contributed by atoms with van der Waals surface area (Å²) < 4.78 is 2.24. The van der Waals surface area contributed by atoms with Crippen molar-refractivity contribution < 1.29 is 5.11 Å². The average Bonchev–Trinajstić information content (AvgIpc) is 2.91. The first-order valence-corrected chi connectivity index (χ1v) is 7.72. The van der Waals surface area contributed by atoms with Gasteiger partial charge in [-0.3, -0.25) is 0 Å². The molecule has 2 aliphatic rings. The van der Waals surface area contributed by atoms with Crippen LogP contribution in [-0.4, -0.2) is 45.8 Å². The minimum Gasteiger partial charge on any atom is -0.394 e. The molecule has 4 heteroatoms. The molecule has 2 aliphatic heterocycles. The van der Waals surface area contributed by atoms with Gasteiger partial charge < -0.3 is 14.6 Å². The van der Waals surface area contributed by atoms with Crippen LogP contribution >= 0.6 is 0 Å². The van der Waals surface area contributed by atoms with Crippen LogP contribution in [0.25, 0.3) is 0 Å². The minimum atomic E-state index is 0.245. The quantitative estimate of drug-likeness (QED) is 0.906. The lowest BCUT2D eigenvalue weighted by molar-refractivity contribution is 0.206. The number of likely N-dealkylation sites (tertiary alicyclic amines) is 1. The van der Waals surface area contributed by atoms with Crippen molar-refractivity contribution in [3.8, 4) is 0 Å². The molecule has 0 aromatic carbocycles. The van der Waals surface area contributed by atoms with Gasteiger partial charge in [-0.15, -0.1) is 0 Å². The lowest BCUT2D eigenvalue weighted by Crippen LogP contribution is -2.34. The second kappa shape index (κ2) is 5.63. The highest BCUT2D eigenvalue weighted by atomic mass is 16.3. The van der Waals surface area contributed by atoms with Gasteiger partial charge in [-0.05, 0) is 38.8 Å². The normalized spacial score (nSPS) is 28.3. The number of aliphatic hydroxyl groups is 1. The van der Waals surface area contributed by atoms with Crippen molar-refractivity contribution in [2.45, 2.75) is 51.0 Å². The number of aryl methyl sites for hydroxylation is 1. The van der Waals surface area contributed by atoms with Crippen molar-refractivity contribution in [1.82, 2.24) is 14.5 Å². The van der Waals surface area contributed by atoms with Gasteiger partial charge in [0.15, 0.2) is 0 Å². The van der Waals surface area contributed by atoms with E-state index in [1.165, 1.54) is 30.9 Å². The van der Waals surface area contributed by atoms with E-state index in [0.717, 1.165) is 32.4 Å². The largest absolute Gasteiger partial charge is 0.394 e. The highest BCUT2D eigenvalue weighted by molar-refractivity contribution is 5.14. The molecule has 2 unspecified atom stereocenters. The highest BCUT2D eigenvalue weighted by Crippen LogP contribution is 2.30. The monoisotopic (exact) mass is 263 g/mol. The molecule has 1 aromatic heterocycles. The summed E-state index contributed by atoms with van der Waals surface area (Å²) in [5, 5.41) is 9.48. The molecule has 3 rings (SSSR count). The number of aromatic nitrogens is 2. The minimum absolute atomic E-state index is 0.245. The van der Waals surface area contributed by atoms with E-state index in [4.69, 9.17) is 4.98 Å². The van der Waals surface area contributed by atoms with Gasteiger partial charge in [-0.25, -0.2) is 4.98 Å². The van der Waals surface area contributed by atoms with E-state index in [0.29, 0.717) is 5.92 Å². The van der Waals surface area contributed by atoms with E-state index in [9.17, 15) is 5.11 Å². The van der Waals surface area contributed by atoms with Gasteiger partial charge in [0.05, 0.1) is 18.3 Å². The standard InChI is InChI=1S/C15H25N3O/c1-2-17-8-4-5-12(9-17)14-10-18-13(11-19)6-3-7-15(18)16-14/h10,12-13,19H,2-9,11H2,1H3. The third kappa shape index (κ3) is 2.56. The zero-order valence-corrected chi connectivity index (χ0v) is 11.9. The highest BCUT2D eigenvalue weighted by Gasteiger charge is 2.26. The van der Waals surface area contributed by atoms with E-state index in [2.05, 4.69) is 22.6 Å². The number of piperidine rings is 1. The van der Waals surface area contributed by atoms with Crippen LogP contribution in [0.4, 0.5) is 0 Å². The fourth-order valence-electron chi connectivity index (χ4n) is 3.55. The van der Waals surface area contributed by atoms with Gasteiger partial charge in [0.2, 0.25) is 0 Å². The molecule has 0 spiro atoms. The van der Waals surface area contributed by atoms with Crippen molar-refractivity contribution >= 4 is 0 Å². The average molecular weight is 263 g/mol. The van der Waals surface area contributed by atoms with Gasteiger partial charge in [0, 0.05) is 25.1 Å². The summed E-state index contributed by atoms with van der Waals surface area (Å²) in [6.07, 6.45) is 8.08. The maximum absolute atomic E-state index is 9.48. The first-order chi connectivity index (χ1) is 9.31. The molecule has 1 fully saturated rings. The topological polar surface area (TPSA) is 41.3 Å². The third-order valence-corrected chi connectivity index (χ3v) is 4.74. The predicted molar refractivity (Wildman–Crippen MR) is 75.4 cm³/mol. The Bertz CT molecular complexity index is 429. The molecule has 0 aliphatic carbocycles. The van der Waals surface area contributed by atoms with Crippen LogP contribution in [0.5, 0.6) is 0 Å². The number of rotatable bonds is 3. The number of likely N-dealkylation sites (N-methyl/N-ethyl adjacent to an activating group) is 1. The number of imidazole rings is 1. The van der Waals surface area contributed by atoms with Crippen LogP contribution in [-0.2, 0) is 6.42 Å². The zero-order chi connectivity index (χ0) is 13.2. The predicted octanol–water partition coefficient (Wildman–Crippen LogP) is 1.95. The molecule has 0 radical (unpaired) electrons. The molecule has 0 bridgehead atoms. The third-order valence-electron chi connectivity index (χ3n) is 4.74. The van der Waals surface area contributed by atoms with Gasteiger partial charge in [0.1, 0.15) is 5.82 Å². The van der Waals surface area contributed by atoms with Crippen LogP contribution in [0.2, 0.25) is 0 Å². The second-order valence-electron chi connectivity index (χ2n) is 5.95. The van der Waals surface area contributed by atoms with Gasteiger partial charge in [0.25, 0.3) is 0 Å². The summed E-state index contributed by atoms with van der Waals surface area (Å²) in [7, 11) is 0. The molecule has 106 valence electrons. The first kappa shape index (κ1) is 13.1. The van der Waals surface area contributed by atoms with Crippen molar-refractivity contribution in [3.63, 3.8) is 0 Å². The number of hydrogen-bond donors (Lipinski definition) is 1. The summed E-state index contributed by atoms with van der Waals surface area (Å²) in [5.41, 5.74) is 1.26. The fourth-order valence-corrected chi connectivity index (χ4v) is 3.55. The molecule has 1 N–H and O–H groups in total. The summed E-state index contributed by atoms with van der Waals surface area (Å²) >= 11 is 0. The molecule has 1 saturated heterocycles. The second-order valence-corrected chi connectivity index (χ2v) is 5.95. The summed E-state index contributed by atoms with van der Waals surface area (Å²) in [6, 6.07) is 0.260. The summed E-state index contributed by atoms with van der Waals surface area (Å²) in [4.78, 5) is 7.39. The van der Waals surface area contributed by atoms with Gasteiger partial charge >= 0.3 is 0 Å². The van der Waals surface area contributed by atoms with Crippen molar-refractivity contribution in [1.29, 1.82) is 0 Å². The van der Waals surface area contributed by atoms with Crippen molar-refractivity contribution in [2.24, 2.45) is 0 Å². The first-order valence-electron chi connectivity index (χ1n) is 7.72. The number of fused-ring (bicyclic) bond motifs is 1. The Labute approximate surface area is 115 Å². The molecule has 3 heterocycles. The van der Waals surface area contributed by atoms with Crippen LogP contribution in [0, 0.1) is 0 Å². The molecule has 0 saturated carbocycles. The van der Waals surface area contributed by atoms with Gasteiger partial charge in [-0.2, -0.15) is 0 Å². The lowest BCUT2D eigenvalue weighted by atomic mass is 9.95. The molecule has 0 amide bonds. The SMILES string of the molecule is CCN1CCCC(c2cn3c(n2)CCCC3CO)C1. The molecular formula is C15H25N3O. The molecule has 2 atom stereocenters. The number of nitrogens with zero attached hydrogens (tertiary/aromatic N) is 3. The van der Waals surface area contributed by atoms with Crippen LogP contribution in [0.1, 0.15) is 56.1 Å². The Balaban J connectivity index is 1.80. The van der Waals surface area contributed by atoms with E-state index >= 15 is 0 Å². The molecule has 1 aromatic rings. The van der Waals surface area contributed by atoms with Crippen LogP contribution < -0.4 is 0 Å². The van der Waals surface area contributed by atoms with E-state index in [1.807, 2.05) is 0 Å². The van der Waals surface area contributed by atoms with Crippen molar-refractivity contribution in [2.75, 3.05) is 26.2 Å². The summed E-state index contributed by atoms with van der Waals surface area (Å²) in [5.74, 6) is 1.78. The Morgan fingerprint density at radius 1 is 1.37 bits per heavy atom. The Morgan fingerprint density at radius 3 is 3.05 bits per heavy atom. The fraction of sp³-hybridized carbons (Fsp3) is 0.800. The molecule has 4 nitrogen and oxygen atoms in total. The van der Waals surface area contributed by atoms with Crippen LogP contribution in [0.3, 0.4) is 0 Å². The lowest BCUT2D eigenvalue weighted by Gasteiger charge is -2.30. The molecule has 19 heavy (non-hydrogen) atoms. The number of hydrogen-bond acceptors (Lipinski definition) is 3. The maximum atomic E-state index is 9.48. The maximum Gasteiger partial charge on any atom is 0.109 e. The molecular weight excluding hydrogens is 238 g/mol. The van der Waals surface area contributed by atoms with Crippen molar-refractivity contribution in [3.05, 3.63) is 17.7 Å². The Hall–Kier alpha value is -0.870. The summed E-state index contributed by atoms with van der Waals surface area (Å²) in [6.45, 7) is 6.01. The van der Waals surface area contributed by atoms with E-state index in [1.54, 1.807) is 0 Å². The van der Waals surface area contributed by atoms with E-state index in [-0.39, 0.29) is 12.6 Å². The van der Waals surface area contributed by atoms with Crippen LogP contribution in [0.15, 0.2) is 6.20 Å². The van der Waals surface area contributed by atoms with E-state index < -0.39 is 0 Å². The zero-order valence-electron chi connectivity index (χ0n) is 11.9. The van der Waals surface area contributed by atoms with Gasteiger partial charge in [-0.1, -0.05) is 6.92 Å². The number of aliphatic hydroxyl groups excluding tert-OH is 1. The Morgan fingerprint density at radius 2 is 2.26 bits per heavy atom.